The highest BCUT2D eigenvalue weighted by atomic mass is 35.5. The van der Waals surface area contributed by atoms with Gasteiger partial charge in [0.05, 0.1) is 34.4 Å². The number of nitrogens with one attached hydrogen (secondary N) is 1. The highest BCUT2D eigenvalue weighted by Gasteiger charge is 2.26. The summed E-state index contributed by atoms with van der Waals surface area (Å²) in [6.45, 7) is 9.17. The SMILES string of the molecule is CC(C)CN(CC(=O)Nc1nc(CC(=O)N2CC(C)OC(C)C2)cs1)C(=O)c1ccc(Cl)c(Cl)c1. The van der Waals surface area contributed by atoms with Crippen molar-refractivity contribution < 1.29 is 19.1 Å². The summed E-state index contributed by atoms with van der Waals surface area (Å²) in [5, 5.41) is 5.51. The largest absolute Gasteiger partial charge is 0.372 e. The molecule has 2 aromatic rings. The molecule has 3 amide bonds. The summed E-state index contributed by atoms with van der Waals surface area (Å²) in [4.78, 5) is 46.1. The fourth-order valence-corrected chi connectivity index (χ4v) is 4.92. The molecule has 0 aliphatic carbocycles. The third-order valence-corrected chi connectivity index (χ3v) is 6.82. The molecule has 3 rings (SSSR count). The van der Waals surface area contributed by atoms with Crippen molar-refractivity contribution in [2.45, 2.75) is 46.3 Å². The molecule has 8 nitrogen and oxygen atoms in total. The Balaban J connectivity index is 1.60. The molecule has 2 atom stereocenters. The van der Waals surface area contributed by atoms with E-state index in [0.717, 1.165) is 0 Å². The number of nitrogens with zero attached hydrogens (tertiary/aromatic N) is 3. The van der Waals surface area contributed by atoms with Crippen molar-refractivity contribution in [3.05, 3.63) is 44.9 Å². The summed E-state index contributed by atoms with van der Waals surface area (Å²) in [5.41, 5.74) is 0.947. The van der Waals surface area contributed by atoms with Gasteiger partial charge in [-0.2, -0.15) is 0 Å². The summed E-state index contributed by atoms with van der Waals surface area (Å²) >= 11 is 13.3. The van der Waals surface area contributed by atoms with Gasteiger partial charge in [-0.05, 0) is 38.0 Å². The average molecular weight is 542 g/mol. The zero-order chi connectivity index (χ0) is 25.7. The van der Waals surface area contributed by atoms with Crippen LogP contribution in [-0.2, 0) is 20.7 Å². The lowest BCUT2D eigenvalue weighted by atomic mass is 10.1. The number of thiazole rings is 1. The maximum Gasteiger partial charge on any atom is 0.254 e. The Kier molecular flexibility index (Phi) is 9.52. The number of aromatic nitrogens is 1. The summed E-state index contributed by atoms with van der Waals surface area (Å²) in [6, 6.07) is 4.64. The van der Waals surface area contributed by atoms with Gasteiger partial charge in [0.2, 0.25) is 11.8 Å². The number of anilines is 1. The molecule has 1 N–H and O–H groups in total. The van der Waals surface area contributed by atoms with Crippen molar-refractivity contribution >= 4 is 57.4 Å². The van der Waals surface area contributed by atoms with E-state index < -0.39 is 0 Å². The first kappa shape index (κ1) is 27.4. The van der Waals surface area contributed by atoms with E-state index >= 15 is 0 Å². The first-order valence-electron chi connectivity index (χ1n) is 11.4. The first-order valence-corrected chi connectivity index (χ1v) is 13.1. The Morgan fingerprint density at radius 2 is 1.89 bits per heavy atom. The Morgan fingerprint density at radius 3 is 2.51 bits per heavy atom. The smallest absolute Gasteiger partial charge is 0.254 e. The van der Waals surface area contributed by atoms with Gasteiger partial charge >= 0.3 is 0 Å². The van der Waals surface area contributed by atoms with Crippen LogP contribution < -0.4 is 5.32 Å². The van der Waals surface area contributed by atoms with Gasteiger partial charge in [-0.15, -0.1) is 11.3 Å². The lowest BCUT2D eigenvalue weighted by Gasteiger charge is -2.35. The lowest BCUT2D eigenvalue weighted by molar-refractivity contribution is -0.142. The van der Waals surface area contributed by atoms with E-state index in [9.17, 15) is 14.4 Å². The van der Waals surface area contributed by atoms with E-state index in [4.69, 9.17) is 27.9 Å². The summed E-state index contributed by atoms with van der Waals surface area (Å²) in [7, 11) is 0. The highest BCUT2D eigenvalue weighted by Crippen LogP contribution is 2.24. The molecule has 1 saturated heterocycles. The minimum atomic E-state index is -0.373. The average Bonchev–Trinajstić information content (AvgIpc) is 3.20. The standard InChI is InChI=1S/C24H30Cl2N4O4S/c1-14(2)9-30(23(33)17-5-6-19(25)20(26)7-17)12-21(31)28-24-27-18(13-35-24)8-22(32)29-10-15(3)34-16(4)11-29/h5-7,13-16H,8-12H2,1-4H3,(H,27,28,31). The van der Waals surface area contributed by atoms with E-state index in [1.165, 1.54) is 22.3 Å². The maximum atomic E-state index is 13.0. The zero-order valence-electron chi connectivity index (χ0n) is 20.2. The number of amides is 3. The molecule has 11 heteroatoms. The van der Waals surface area contributed by atoms with Crippen LogP contribution >= 0.6 is 34.5 Å². The second-order valence-electron chi connectivity index (χ2n) is 9.13. The van der Waals surface area contributed by atoms with Gasteiger partial charge in [0.15, 0.2) is 5.13 Å². The highest BCUT2D eigenvalue weighted by molar-refractivity contribution is 7.13. The van der Waals surface area contributed by atoms with Crippen LogP contribution in [0.2, 0.25) is 10.0 Å². The van der Waals surface area contributed by atoms with Crippen molar-refractivity contribution in [3.8, 4) is 0 Å². The zero-order valence-corrected chi connectivity index (χ0v) is 22.5. The molecule has 1 aliphatic heterocycles. The molecular weight excluding hydrogens is 511 g/mol. The molecule has 2 unspecified atom stereocenters. The van der Waals surface area contributed by atoms with Gasteiger partial charge in [0.25, 0.3) is 5.91 Å². The molecule has 35 heavy (non-hydrogen) atoms. The fourth-order valence-electron chi connectivity index (χ4n) is 3.90. The predicted octanol–water partition coefficient (Wildman–Crippen LogP) is 4.37. The third-order valence-electron chi connectivity index (χ3n) is 5.28. The maximum absolute atomic E-state index is 13.0. The molecule has 1 aromatic heterocycles. The molecule has 0 bridgehead atoms. The second kappa shape index (κ2) is 12.2. The number of halogens is 2. The quantitative estimate of drug-likeness (QED) is 0.536. The van der Waals surface area contributed by atoms with Gasteiger partial charge in [0.1, 0.15) is 6.54 Å². The van der Waals surface area contributed by atoms with Crippen molar-refractivity contribution in [1.82, 2.24) is 14.8 Å². The van der Waals surface area contributed by atoms with E-state index in [1.807, 2.05) is 27.7 Å². The van der Waals surface area contributed by atoms with E-state index in [0.29, 0.717) is 41.0 Å². The predicted molar refractivity (Wildman–Crippen MR) is 138 cm³/mol. The molecule has 1 fully saturated rings. The number of carbonyl (C=O) groups is 3. The topological polar surface area (TPSA) is 91.8 Å². The van der Waals surface area contributed by atoms with Crippen LogP contribution in [0.1, 0.15) is 43.7 Å². The van der Waals surface area contributed by atoms with E-state index in [2.05, 4.69) is 10.3 Å². The molecule has 0 saturated carbocycles. The Bertz CT molecular complexity index is 1070. The van der Waals surface area contributed by atoms with E-state index in [1.54, 1.807) is 22.4 Å². The van der Waals surface area contributed by atoms with Gasteiger partial charge < -0.3 is 19.9 Å². The molecule has 2 heterocycles. The van der Waals surface area contributed by atoms with Crippen molar-refractivity contribution in [2.24, 2.45) is 5.92 Å². The number of benzene rings is 1. The number of ether oxygens (including phenoxy) is 1. The fraction of sp³-hybridized carbons (Fsp3) is 0.500. The van der Waals surface area contributed by atoms with Gasteiger partial charge in [0, 0.05) is 30.6 Å². The third kappa shape index (κ3) is 7.90. The normalized spacial score (nSPS) is 18.0. The first-order chi connectivity index (χ1) is 16.5. The molecule has 1 aliphatic rings. The van der Waals surface area contributed by atoms with Crippen molar-refractivity contribution in [1.29, 1.82) is 0 Å². The molecule has 190 valence electrons. The lowest BCUT2D eigenvalue weighted by Crippen LogP contribution is -2.48. The molecular formula is C24H30Cl2N4O4S. The number of morpholine rings is 1. The van der Waals surface area contributed by atoms with Crippen LogP contribution in [0, 0.1) is 5.92 Å². The molecule has 1 aromatic carbocycles. The van der Waals surface area contributed by atoms with Crippen LogP contribution in [0.3, 0.4) is 0 Å². The summed E-state index contributed by atoms with van der Waals surface area (Å²) < 4.78 is 5.68. The van der Waals surface area contributed by atoms with Crippen molar-refractivity contribution in [3.63, 3.8) is 0 Å². The van der Waals surface area contributed by atoms with Gasteiger partial charge in [-0.25, -0.2) is 4.98 Å². The number of hydrogen-bond acceptors (Lipinski definition) is 6. The Labute approximate surface area is 219 Å². The molecule has 0 radical (unpaired) electrons. The van der Waals surface area contributed by atoms with Crippen LogP contribution in [-0.4, -0.2) is 70.9 Å². The summed E-state index contributed by atoms with van der Waals surface area (Å²) in [5.74, 6) is -0.558. The van der Waals surface area contributed by atoms with Crippen LogP contribution in [0.4, 0.5) is 5.13 Å². The number of hydrogen-bond donors (Lipinski definition) is 1. The minimum Gasteiger partial charge on any atom is -0.372 e. The minimum absolute atomic E-state index is 0.00613. The van der Waals surface area contributed by atoms with Gasteiger partial charge in [-0.1, -0.05) is 37.0 Å². The Morgan fingerprint density at radius 1 is 1.20 bits per heavy atom. The number of carbonyl (C=O) groups excluding carboxylic acids is 3. The van der Waals surface area contributed by atoms with Crippen LogP contribution in [0.25, 0.3) is 0 Å². The monoisotopic (exact) mass is 540 g/mol. The molecule has 0 spiro atoms. The summed E-state index contributed by atoms with van der Waals surface area (Å²) in [6.07, 6.45) is 0.142. The number of rotatable bonds is 8. The van der Waals surface area contributed by atoms with Crippen LogP contribution in [0.15, 0.2) is 23.6 Å². The Hall–Kier alpha value is -2.20. The second-order valence-corrected chi connectivity index (χ2v) is 10.8. The van der Waals surface area contributed by atoms with E-state index in [-0.39, 0.29) is 53.8 Å². The van der Waals surface area contributed by atoms with Crippen molar-refractivity contribution in [2.75, 3.05) is 31.5 Å². The van der Waals surface area contributed by atoms with Crippen LogP contribution in [0.5, 0.6) is 0 Å². The van der Waals surface area contributed by atoms with Gasteiger partial charge in [-0.3, -0.25) is 14.4 Å².